The van der Waals surface area contributed by atoms with Crippen LogP contribution in [0.1, 0.15) is 17.5 Å². The Labute approximate surface area is 160 Å². The maximum Gasteiger partial charge on any atom is 0.228 e. The normalized spacial score (nSPS) is 30.0. The SMILES string of the molecule is COC[C@@H]1C[C@@H](O)CN1C(=O)[C@@H]1CS(=O)(=O)C[C@H]1NCc1ccc(C)cc1. The number of nitrogens with one attached hydrogen (secondary N) is 1. The minimum atomic E-state index is -3.28. The molecule has 2 aliphatic rings. The number of ether oxygens (including phenoxy) is 1. The number of likely N-dealkylation sites (tertiary alicyclic amines) is 1. The number of rotatable bonds is 6. The van der Waals surface area contributed by atoms with Crippen molar-refractivity contribution in [2.24, 2.45) is 5.92 Å². The molecule has 1 amide bonds. The molecule has 2 heterocycles. The van der Waals surface area contributed by atoms with Gasteiger partial charge in [-0.3, -0.25) is 4.79 Å². The van der Waals surface area contributed by atoms with E-state index in [4.69, 9.17) is 4.74 Å². The predicted molar refractivity (Wildman–Crippen MR) is 102 cm³/mol. The number of carbonyl (C=O) groups excluding carboxylic acids is 1. The van der Waals surface area contributed by atoms with Crippen molar-refractivity contribution in [3.63, 3.8) is 0 Å². The summed E-state index contributed by atoms with van der Waals surface area (Å²) in [6, 6.07) is 7.36. The highest BCUT2D eigenvalue weighted by Gasteiger charge is 2.46. The van der Waals surface area contributed by atoms with E-state index in [9.17, 15) is 18.3 Å². The van der Waals surface area contributed by atoms with Crippen LogP contribution in [0, 0.1) is 12.8 Å². The number of hydrogen-bond acceptors (Lipinski definition) is 6. The van der Waals surface area contributed by atoms with Gasteiger partial charge in [0, 0.05) is 26.2 Å². The van der Waals surface area contributed by atoms with Gasteiger partial charge < -0.3 is 20.1 Å². The summed E-state index contributed by atoms with van der Waals surface area (Å²) >= 11 is 0. The zero-order valence-electron chi connectivity index (χ0n) is 15.8. The second-order valence-electron chi connectivity index (χ2n) is 7.65. The van der Waals surface area contributed by atoms with Gasteiger partial charge in [0.1, 0.15) is 0 Å². The number of sulfone groups is 1. The van der Waals surface area contributed by atoms with Crippen LogP contribution in [0.25, 0.3) is 0 Å². The van der Waals surface area contributed by atoms with Crippen molar-refractivity contribution in [2.45, 2.75) is 38.1 Å². The first-order valence-corrected chi connectivity index (χ1v) is 11.1. The van der Waals surface area contributed by atoms with Crippen LogP contribution in [0.4, 0.5) is 0 Å². The Balaban J connectivity index is 1.71. The van der Waals surface area contributed by atoms with Gasteiger partial charge in [0.2, 0.25) is 5.91 Å². The summed E-state index contributed by atoms with van der Waals surface area (Å²) < 4.78 is 29.6. The van der Waals surface area contributed by atoms with E-state index in [1.165, 1.54) is 0 Å². The number of amides is 1. The lowest BCUT2D eigenvalue weighted by atomic mass is 10.0. The topological polar surface area (TPSA) is 95.9 Å². The molecule has 2 N–H and O–H groups in total. The summed E-state index contributed by atoms with van der Waals surface area (Å²) in [5, 5.41) is 13.2. The molecule has 2 saturated heterocycles. The molecule has 1 aromatic carbocycles. The molecule has 0 aromatic heterocycles. The van der Waals surface area contributed by atoms with Crippen LogP contribution in [0.15, 0.2) is 24.3 Å². The highest BCUT2D eigenvalue weighted by molar-refractivity contribution is 7.91. The van der Waals surface area contributed by atoms with Gasteiger partial charge >= 0.3 is 0 Å². The summed E-state index contributed by atoms with van der Waals surface area (Å²) in [6.07, 6.45) is -0.133. The smallest absolute Gasteiger partial charge is 0.228 e. The summed E-state index contributed by atoms with van der Waals surface area (Å²) in [6.45, 7) is 3.09. The molecule has 2 fully saturated rings. The molecule has 8 heteroatoms. The van der Waals surface area contributed by atoms with Crippen molar-refractivity contribution in [3.05, 3.63) is 35.4 Å². The number of aliphatic hydroxyl groups is 1. The van der Waals surface area contributed by atoms with Gasteiger partial charge in [-0.2, -0.15) is 0 Å². The minimum absolute atomic E-state index is 0.0411. The minimum Gasteiger partial charge on any atom is -0.391 e. The fourth-order valence-corrected chi connectivity index (χ4v) is 5.93. The second kappa shape index (κ2) is 8.26. The molecule has 0 radical (unpaired) electrons. The Hall–Kier alpha value is -1.48. The molecule has 4 atom stereocenters. The monoisotopic (exact) mass is 396 g/mol. The average Bonchev–Trinajstić information content (AvgIpc) is 3.13. The maximum absolute atomic E-state index is 13.1. The Morgan fingerprint density at radius 3 is 2.67 bits per heavy atom. The third kappa shape index (κ3) is 4.87. The Morgan fingerprint density at radius 2 is 2.00 bits per heavy atom. The van der Waals surface area contributed by atoms with Crippen molar-refractivity contribution < 1.29 is 23.1 Å². The molecule has 150 valence electrons. The van der Waals surface area contributed by atoms with Crippen LogP contribution < -0.4 is 5.32 Å². The number of benzene rings is 1. The van der Waals surface area contributed by atoms with Gasteiger partial charge in [0.25, 0.3) is 0 Å². The number of β-amino-alcohol motifs (C(OH)–C–C–N with tert-alkyl or cyclic N) is 1. The van der Waals surface area contributed by atoms with E-state index in [1.807, 2.05) is 31.2 Å². The number of methoxy groups -OCH3 is 1. The van der Waals surface area contributed by atoms with E-state index in [2.05, 4.69) is 5.32 Å². The molecular formula is C19H28N2O5S. The first kappa shape index (κ1) is 20.3. The maximum atomic E-state index is 13.1. The zero-order chi connectivity index (χ0) is 19.6. The van der Waals surface area contributed by atoms with Crippen molar-refractivity contribution in [1.29, 1.82) is 0 Å². The van der Waals surface area contributed by atoms with Gasteiger partial charge in [-0.15, -0.1) is 0 Å². The summed E-state index contributed by atoms with van der Waals surface area (Å²) in [4.78, 5) is 14.7. The molecule has 0 spiro atoms. The van der Waals surface area contributed by atoms with Crippen molar-refractivity contribution in [1.82, 2.24) is 10.2 Å². The summed E-state index contributed by atoms with van der Waals surface area (Å²) in [5.74, 6) is -1.04. The number of carbonyl (C=O) groups is 1. The van der Waals surface area contributed by atoms with Crippen LogP contribution in [0.3, 0.4) is 0 Å². The number of hydrogen-bond donors (Lipinski definition) is 2. The first-order chi connectivity index (χ1) is 12.8. The first-order valence-electron chi connectivity index (χ1n) is 9.26. The average molecular weight is 397 g/mol. The molecule has 7 nitrogen and oxygen atoms in total. The molecule has 0 aliphatic carbocycles. The number of nitrogens with zero attached hydrogens (tertiary/aromatic N) is 1. The lowest BCUT2D eigenvalue weighted by Gasteiger charge is -2.29. The highest BCUT2D eigenvalue weighted by atomic mass is 32.2. The van der Waals surface area contributed by atoms with E-state index < -0.39 is 27.9 Å². The van der Waals surface area contributed by atoms with Crippen LogP contribution in [0.5, 0.6) is 0 Å². The van der Waals surface area contributed by atoms with Gasteiger partial charge in [-0.05, 0) is 18.9 Å². The fourth-order valence-electron chi connectivity index (χ4n) is 3.97. The third-order valence-corrected chi connectivity index (χ3v) is 7.13. The lowest BCUT2D eigenvalue weighted by Crippen LogP contribution is -2.48. The van der Waals surface area contributed by atoms with Crippen molar-refractivity contribution >= 4 is 15.7 Å². The van der Waals surface area contributed by atoms with Crippen molar-refractivity contribution in [3.8, 4) is 0 Å². The summed E-state index contributed by atoms with van der Waals surface area (Å²) in [7, 11) is -1.72. The third-order valence-electron chi connectivity index (χ3n) is 5.39. The highest BCUT2D eigenvalue weighted by Crippen LogP contribution is 2.27. The predicted octanol–water partition coefficient (Wildman–Crippen LogP) is 0.106. The van der Waals surface area contributed by atoms with E-state index in [-0.39, 0.29) is 30.0 Å². The van der Waals surface area contributed by atoms with Gasteiger partial charge in [0.15, 0.2) is 9.84 Å². The van der Waals surface area contributed by atoms with Crippen LogP contribution in [-0.2, 0) is 25.9 Å². The lowest BCUT2D eigenvalue weighted by molar-refractivity contribution is -0.137. The Kier molecular flexibility index (Phi) is 6.20. The Morgan fingerprint density at radius 1 is 1.30 bits per heavy atom. The van der Waals surface area contributed by atoms with E-state index in [0.29, 0.717) is 19.6 Å². The molecule has 27 heavy (non-hydrogen) atoms. The standard InChI is InChI=1S/C19H28N2O5S/c1-13-3-5-14(6-4-13)8-20-18-12-27(24,25)11-17(18)19(23)21-9-16(22)7-15(21)10-26-2/h3-6,15-18,20,22H,7-12H2,1-2H3/t15-,16+,17+,18+/m0/s1. The van der Waals surface area contributed by atoms with Gasteiger partial charge in [0.05, 0.1) is 36.2 Å². The van der Waals surface area contributed by atoms with Crippen molar-refractivity contribution in [2.75, 3.05) is 31.8 Å². The fraction of sp³-hybridized carbons (Fsp3) is 0.632. The van der Waals surface area contributed by atoms with E-state index in [0.717, 1.165) is 11.1 Å². The largest absolute Gasteiger partial charge is 0.391 e. The molecule has 0 saturated carbocycles. The number of aryl methyl sites for hydroxylation is 1. The second-order valence-corrected chi connectivity index (χ2v) is 9.80. The Bertz CT molecular complexity index is 765. The molecule has 0 unspecified atom stereocenters. The number of aliphatic hydroxyl groups excluding tert-OH is 1. The molecule has 2 aliphatic heterocycles. The van der Waals surface area contributed by atoms with E-state index >= 15 is 0 Å². The van der Waals surface area contributed by atoms with Crippen LogP contribution in [0.2, 0.25) is 0 Å². The molecule has 0 bridgehead atoms. The summed E-state index contributed by atoms with van der Waals surface area (Å²) in [5.41, 5.74) is 2.21. The molecule has 1 aromatic rings. The van der Waals surface area contributed by atoms with E-state index in [1.54, 1.807) is 12.0 Å². The van der Waals surface area contributed by atoms with Crippen LogP contribution >= 0.6 is 0 Å². The molecule has 3 rings (SSSR count). The molecular weight excluding hydrogens is 368 g/mol. The zero-order valence-corrected chi connectivity index (χ0v) is 16.6. The quantitative estimate of drug-likeness (QED) is 0.708. The van der Waals surface area contributed by atoms with Gasteiger partial charge in [-0.1, -0.05) is 29.8 Å². The van der Waals surface area contributed by atoms with Gasteiger partial charge in [-0.25, -0.2) is 8.42 Å². The van der Waals surface area contributed by atoms with Crippen LogP contribution in [-0.4, -0.2) is 74.3 Å².